The molecule has 0 unspecified atom stereocenters. The van der Waals surface area contributed by atoms with E-state index < -0.39 is 0 Å². The van der Waals surface area contributed by atoms with Crippen LogP contribution in [0.5, 0.6) is 5.75 Å². The molecule has 1 amide bonds. The summed E-state index contributed by atoms with van der Waals surface area (Å²) in [5.74, 6) is 3.49. The average molecular weight is 455 g/mol. The molecule has 3 aromatic rings. The maximum Gasteiger partial charge on any atom is 0.252 e. The average Bonchev–Trinajstić information content (AvgIpc) is 2.83. The standard InChI is InChI=1S/C30H34N2O2/c1-3-34-24-10-8-23(9-11-24)28-15-26(25-6-4-5-7-27(25)32-28)29(33)31-19(2)30-16-20-12-21(17-30)14-22(13-20)18-30/h4-11,15,19-22H,3,12-14,16-18H2,1-2H3,(H,31,33)/t19-,20?,21?,22?,30?/m1/s1. The Labute approximate surface area is 202 Å². The zero-order valence-electron chi connectivity index (χ0n) is 20.2. The molecule has 4 aliphatic carbocycles. The minimum absolute atomic E-state index is 0.0223. The SMILES string of the molecule is CCOc1ccc(-c2cc(C(=O)N[C@H](C)C34CC5CC(CC(C5)C3)C4)c3ccccc3n2)cc1. The summed E-state index contributed by atoms with van der Waals surface area (Å²) in [4.78, 5) is 18.6. The molecule has 1 N–H and O–H groups in total. The second kappa shape index (κ2) is 8.41. The van der Waals surface area contributed by atoms with Crippen LogP contribution in [0.25, 0.3) is 22.2 Å². The minimum atomic E-state index is 0.0223. The Balaban J connectivity index is 1.31. The number of hydrogen-bond acceptors (Lipinski definition) is 3. The lowest BCUT2D eigenvalue weighted by Gasteiger charge is -2.59. The molecule has 1 atom stereocenters. The Hall–Kier alpha value is -2.88. The van der Waals surface area contributed by atoms with E-state index in [1.54, 1.807) is 0 Å². The summed E-state index contributed by atoms with van der Waals surface area (Å²) in [6, 6.07) is 18.1. The number of para-hydroxylation sites is 1. The Kier molecular flexibility index (Phi) is 5.35. The third-order valence-electron chi connectivity index (χ3n) is 8.77. The van der Waals surface area contributed by atoms with Crippen molar-refractivity contribution in [3.05, 3.63) is 60.2 Å². The van der Waals surface area contributed by atoms with Gasteiger partial charge >= 0.3 is 0 Å². The molecule has 4 nitrogen and oxygen atoms in total. The van der Waals surface area contributed by atoms with Gasteiger partial charge in [-0.15, -0.1) is 0 Å². The van der Waals surface area contributed by atoms with Crippen molar-refractivity contribution in [3.8, 4) is 17.0 Å². The van der Waals surface area contributed by atoms with Gasteiger partial charge in [0.05, 0.1) is 23.4 Å². The topological polar surface area (TPSA) is 51.2 Å². The molecule has 7 rings (SSSR count). The Bertz CT molecular complexity index is 1180. The number of pyridine rings is 1. The number of aromatic nitrogens is 1. The van der Waals surface area contributed by atoms with Crippen LogP contribution in [0.2, 0.25) is 0 Å². The van der Waals surface area contributed by atoms with Gasteiger partial charge in [0.2, 0.25) is 0 Å². The number of carbonyl (C=O) groups excluding carboxylic acids is 1. The lowest BCUT2D eigenvalue weighted by Crippen LogP contribution is -2.55. The molecule has 4 fully saturated rings. The van der Waals surface area contributed by atoms with Crippen molar-refractivity contribution in [1.29, 1.82) is 0 Å². The van der Waals surface area contributed by atoms with Crippen molar-refractivity contribution in [2.24, 2.45) is 23.2 Å². The van der Waals surface area contributed by atoms with Gasteiger partial charge in [-0.2, -0.15) is 0 Å². The quantitative estimate of drug-likeness (QED) is 0.454. The van der Waals surface area contributed by atoms with Crippen molar-refractivity contribution < 1.29 is 9.53 Å². The van der Waals surface area contributed by atoms with Crippen LogP contribution in [0.1, 0.15) is 62.7 Å². The van der Waals surface area contributed by atoms with Gasteiger partial charge in [0.25, 0.3) is 5.91 Å². The van der Waals surface area contributed by atoms with E-state index in [-0.39, 0.29) is 17.4 Å². The first-order chi connectivity index (χ1) is 16.5. The smallest absolute Gasteiger partial charge is 0.252 e. The molecule has 1 heterocycles. The summed E-state index contributed by atoms with van der Waals surface area (Å²) in [7, 11) is 0. The molecule has 176 valence electrons. The number of rotatable bonds is 6. The molecule has 0 spiro atoms. The van der Waals surface area contributed by atoms with Gasteiger partial charge in [0, 0.05) is 17.0 Å². The van der Waals surface area contributed by atoms with Crippen molar-refractivity contribution >= 4 is 16.8 Å². The molecule has 4 bridgehead atoms. The van der Waals surface area contributed by atoms with Crippen LogP contribution in [0.4, 0.5) is 0 Å². The van der Waals surface area contributed by atoms with Crippen LogP contribution in [-0.4, -0.2) is 23.5 Å². The number of amides is 1. The second-order valence-electron chi connectivity index (χ2n) is 11.0. The number of nitrogens with zero attached hydrogens (tertiary/aromatic N) is 1. The van der Waals surface area contributed by atoms with Gasteiger partial charge in [-0.3, -0.25) is 4.79 Å². The van der Waals surface area contributed by atoms with E-state index in [0.717, 1.165) is 45.7 Å². The van der Waals surface area contributed by atoms with E-state index in [1.807, 2.05) is 61.5 Å². The van der Waals surface area contributed by atoms with Gasteiger partial charge in [0.15, 0.2) is 0 Å². The Morgan fingerprint density at radius 3 is 2.32 bits per heavy atom. The largest absolute Gasteiger partial charge is 0.494 e. The molecule has 4 saturated carbocycles. The van der Waals surface area contributed by atoms with Crippen molar-refractivity contribution in [2.45, 2.75) is 58.4 Å². The number of ether oxygens (including phenoxy) is 1. The highest BCUT2D eigenvalue weighted by Gasteiger charge is 2.53. The van der Waals surface area contributed by atoms with Crippen LogP contribution in [0.15, 0.2) is 54.6 Å². The zero-order valence-corrected chi connectivity index (χ0v) is 20.2. The number of nitrogens with one attached hydrogen (secondary N) is 1. The van der Waals surface area contributed by atoms with E-state index in [4.69, 9.17) is 9.72 Å². The maximum atomic E-state index is 13.7. The minimum Gasteiger partial charge on any atom is -0.494 e. The van der Waals surface area contributed by atoms with Crippen LogP contribution in [0.3, 0.4) is 0 Å². The monoisotopic (exact) mass is 454 g/mol. The second-order valence-corrected chi connectivity index (χ2v) is 11.0. The highest BCUT2D eigenvalue weighted by atomic mass is 16.5. The van der Waals surface area contributed by atoms with E-state index in [9.17, 15) is 4.79 Å². The normalized spacial score (nSPS) is 28.1. The fourth-order valence-electron chi connectivity index (χ4n) is 7.54. The number of benzene rings is 2. The van der Waals surface area contributed by atoms with Crippen LogP contribution in [-0.2, 0) is 0 Å². The van der Waals surface area contributed by atoms with Crippen molar-refractivity contribution in [1.82, 2.24) is 10.3 Å². The fraction of sp³-hybridized carbons (Fsp3) is 0.467. The molecular formula is C30H34N2O2. The summed E-state index contributed by atoms with van der Waals surface area (Å²) >= 11 is 0. The first kappa shape index (κ1) is 21.6. The summed E-state index contributed by atoms with van der Waals surface area (Å²) in [5, 5.41) is 4.37. The third-order valence-corrected chi connectivity index (χ3v) is 8.77. The summed E-state index contributed by atoms with van der Waals surface area (Å²) < 4.78 is 5.59. The maximum absolute atomic E-state index is 13.7. The first-order valence-electron chi connectivity index (χ1n) is 13.0. The predicted octanol–water partition coefficient (Wildman–Crippen LogP) is 6.64. The Morgan fingerprint density at radius 2 is 1.68 bits per heavy atom. The molecule has 0 aliphatic heterocycles. The molecular weight excluding hydrogens is 420 g/mol. The number of fused-ring (bicyclic) bond motifs is 1. The van der Waals surface area contributed by atoms with Gasteiger partial charge in [-0.25, -0.2) is 4.98 Å². The molecule has 34 heavy (non-hydrogen) atoms. The molecule has 1 aromatic heterocycles. The summed E-state index contributed by atoms with van der Waals surface area (Å²) in [5.41, 5.74) is 3.64. The van der Waals surface area contributed by atoms with Crippen molar-refractivity contribution in [3.63, 3.8) is 0 Å². The number of carbonyl (C=O) groups is 1. The summed E-state index contributed by atoms with van der Waals surface area (Å²) in [6.07, 6.45) is 8.11. The molecule has 0 saturated heterocycles. The zero-order chi connectivity index (χ0) is 23.3. The molecule has 4 heteroatoms. The van der Waals surface area contributed by atoms with E-state index in [1.165, 1.54) is 38.5 Å². The predicted molar refractivity (Wildman–Crippen MR) is 136 cm³/mol. The van der Waals surface area contributed by atoms with Crippen LogP contribution < -0.4 is 10.1 Å². The van der Waals surface area contributed by atoms with Gasteiger partial charge < -0.3 is 10.1 Å². The van der Waals surface area contributed by atoms with Gasteiger partial charge in [-0.1, -0.05) is 18.2 Å². The van der Waals surface area contributed by atoms with Crippen molar-refractivity contribution in [2.75, 3.05) is 6.61 Å². The van der Waals surface area contributed by atoms with Crippen LogP contribution in [0, 0.1) is 23.2 Å². The summed E-state index contributed by atoms with van der Waals surface area (Å²) in [6.45, 7) is 4.87. The lowest BCUT2D eigenvalue weighted by molar-refractivity contribution is -0.0687. The molecule has 4 aliphatic rings. The third kappa shape index (κ3) is 3.77. The highest BCUT2D eigenvalue weighted by molar-refractivity contribution is 6.07. The van der Waals surface area contributed by atoms with E-state index in [2.05, 4.69) is 12.2 Å². The van der Waals surface area contributed by atoms with Gasteiger partial charge in [-0.05, 0) is 112 Å². The van der Waals surface area contributed by atoms with Crippen LogP contribution >= 0.6 is 0 Å². The molecule has 2 aromatic carbocycles. The molecule has 0 radical (unpaired) electrons. The fourth-order valence-corrected chi connectivity index (χ4v) is 7.54. The Morgan fingerprint density at radius 1 is 1.03 bits per heavy atom. The van der Waals surface area contributed by atoms with E-state index in [0.29, 0.717) is 12.2 Å². The highest BCUT2D eigenvalue weighted by Crippen LogP contribution is 2.61. The number of hydrogen-bond donors (Lipinski definition) is 1. The lowest BCUT2D eigenvalue weighted by atomic mass is 9.48. The van der Waals surface area contributed by atoms with Gasteiger partial charge in [0.1, 0.15) is 5.75 Å². The van der Waals surface area contributed by atoms with E-state index >= 15 is 0 Å². The first-order valence-corrected chi connectivity index (χ1v) is 13.0.